The molecule has 0 aliphatic carbocycles. The van der Waals surface area contributed by atoms with Crippen molar-refractivity contribution in [2.24, 2.45) is 0 Å². The van der Waals surface area contributed by atoms with E-state index in [0.29, 0.717) is 11.6 Å². The zero-order valence-corrected chi connectivity index (χ0v) is 14.7. The van der Waals surface area contributed by atoms with Crippen LogP contribution in [0.15, 0.2) is 34.9 Å². The van der Waals surface area contributed by atoms with E-state index in [-0.39, 0.29) is 23.8 Å². The molecule has 0 aliphatic heterocycles. The van der Waals surface area contributed by atoms with Crippen molar-refractivity contribution < 1.29 is 14.1 Å². The Morgan fingerprint density at radius 2 is 1.92 bits per heavy atom. The van der Waals surface area contributed by atoms with Crippen LogP contribution in [0.25, 0.3) is 0 Å². The van der Waals surface area contributed by atoms with Gasteiger partial charge in [0.1, 0.15) is 12.3 Å². The number of carbonyl (C=O) groups excluding carboxylic acids is 2. The van der Waals surface area contributed by atoms with Crippen molar-refractivity contribution in [1.29, 1.82) is 0 Å². The molecule has 0 bridgehead atoms. The van der Waals surface area contributed by atoms with Gasteiger partial charge >= 0.3 is 0 Å². The molecular weight excluding hydrogens is 306 g/mol. The van der Waals surface area contributed by atoms with Gasteiger partial charge in [-0.15, -0.1) is 0 Å². The summed E-state index contributed by atoms with van der Waals surface area (Å²) in [5, 5.41) is 6.37. The summed E-state index contributed by atoms with van der Waals surface area (Å²) in [5.74, 6) is 0.414. The minimum Gasteiger partial charge on any atom is -0.360 e. The molecule has 0 saturated heterocycles. The minimum absolute atomic E-state index is 0.0890. The Bertz CT molecular complexity index is 744. The summed E-state index contributed by atoms with van der Waals surface area (Å²) in [4.78, 5) is 25.9. The number of anilines is 2. The Kier molecular flexibility index (Phi) is 5.07. The van der Waals surface area contributed by atoms with Crippen LogP contribution >= 0.6 is 0 Å². The summed E-state index contributed by atoms with van der Waals surface area (Å²) in [6.07, 6.45) is 0. The van der Waals surface area contributed by atoms with E-state index in [0.717, 1.165) is 11.3 Å². The molecule has 1 N–H and O–H groups in total. The van der Waals surface area contributed by atoms with Gasteiger partial charge in [-0.3, -0.25) is 9.59 Å². The van der Waals surface area contributed by atoms with Crippen LogP contribution in [0.4, 0.5) is 11.5 Å². The molecule has 1 heterocycles. The lowest BCUT2D eigenvalue weighted by Gasteiger charge is -2.29. The molecule has 128 valence electrons. The fraction of sp³-hybridized carbons (Fsp3) is 0.389. The largest absolute Gasteiger partial charge is 0.360 e. The van der Waals surface area contributed by atoms with E-state index in [1.807, 2.05) is 24.3 Å². The lowest BCUT2D eigenvalue weighted by molar-refractivity contribution is -0.120. The van der Waals surface area contributed by atoms with Gasteiger partial charge in [0, 0.05) is 18.7 Å². The van der Waals surface area contributed by atoms with Crippen LogP contribution in [0, 0.1) is 6.92 Å². The molecule has 6 nitrogen and oxygen atoms in total. The number of benzene rings is 1. The summed E-state index contributed by atoms with van der Waals surface area (Å²) < 4.78 is 4.92. The number of amides is 2. The molecule has 6 heteroatoms. The highest BCUT2D eigenvalue weighted by atomic mass is 16.5. The first-order valence-electron chi connectivity index (χ1n) is 7.79. The fourth-order valence-corrected chi connectivity index (χ4v) is 2.46. The first kappa shape index (κ1) is 17.7. The van der Waals surface area contributed by atoms with Crippen molar-refractivity contribution >= 4 is 23.3 Å². The molecule has 0 spiro atoms. The number of aromatic nitrogens is 1. The third kappa shape index (κ3) is 4.22. The number of rotatable bonds is 4. The van der Waals surface area contributed by atoms with Crippen LogP contribution in [-0.4, -0.2) is 23.5 Å². The summed E-state index contributed by atoms with van der Waals surface area (Å²) >= 11 is 0. The van der Waals surface area contributed by atoms with Gasteiger partial charge in [0.05, 0.1) is 0 Å². The topological polar surface area (TPSA) is 75.4 Å². The van der Waals surface area contributed by atoms with Gasteiger partial charge in [-0.05, 0) is 24.0 Å². The Balaban J connectivity index is 2.24. The lowest BCUT2D eigenvalue weighted by Crippen LogP contribution is -2.38. The Labute approximate surface area is 141 Å². The number of carbonyl (C=O) groups is 2. The predicted molar refractivity (Wildman–Crippen MR) is 93.0 cm³/mol. The van der Waals surface area contributed by atoms with E-state index < -0.39 is 0 Å². The molecule has 2 amide bonds. The molecule has 1 aromatic heterocycles. The SMILES string of the molecule is CC(=O)N(CC(=O)Nc1cc(C)on1)c1ccccc1C(C)(C)C. The molecule has 0 aliphatic rings. The average Bonchev–Trinajstić information content (AvgIpc) is 2.88. The summed E-state index contributed by atoms with van der Waals surface area (Å²) in [6.45, 7) is 9.32. The first-order chi connectivity index (χ1) is 11.2. The second-order valence-corrected chi connectivity index (χ2v) is 6.74. The van der Waals surface area contributed by atoms with E-state index in [1.165, 1.54) is 11.8 Å². The smallest absolute Gasteiger partial charge is 0.245 e. The molecule has 0 atom stereocenters. The van der Waals surface area contributed by atoms with Crippen LogP contribution in [0.1, 0.15) is 39.0 Å². The molecule has 2 aromatic rings. The summed E-state index contributed by atoms with van der Waals surface area (Å²) in [6, 6.07) is 9.25. The number of nitrogens with one attached hydrogen (secondary N) is 1. The van der Waals surface area contributed by atoms with Crippen molar-refractivity contribution in [3.8, 4) is 0 Å². The van der Waals surface area contributed by atoms with E-state index in [1.54, 1.807) is 13.0 Å². The Morgan fingerprint density at radius 3 is 2.46 bits per heavy atom. The van der Waals surface area contributed by atoms with E-state index in [4.69, 9.17) is 4.52 Å². The number of aryl methyl sites for hydroxylation is 1. The first-order valence-corrected chi connectivity index (χ1v) is 7.79. The van der Waals surface area contributed by atoms with Gasteiger partial charge < -0.3 is 14.7 Å². The quantitative estimate of drug-likeness (QED) is 0.934. The zero-order chi connectivity index (χ0) is 17.9. The highest BCUT2D eigenvalue weighted by molar-refractivity contribution is 6.02. The second kappa shape index (κ2) is 6.86. The molecule has 0 unspecified atom stereocenters. The zero-order valence-electron chi connectivity index (χ0n) is 14.7. The predicted octanol–water partition coefficient (Wildman–Crippen LogP) is 3.27. The van der Waals surface area contributed by atoms with Gasteiger partial charge in [0.15, 0.2) is 5.82 Å². The van der Waals surface area contributed by atoms with Crippen LogP contribution in [0.5, 0.6) is 0 Å². The lowest BCUT2D eigenvalue weighted by atomic mass is 9.85. The number of para-hydroxylation sites is 1. The van der Waals surface area contributed by atoms with Gasteiger partial charge in [-0.25, -0.2) is 0 Å². The molecule has 24 heavy (non-hydrogen) atoms. The average molecular weight is 329 g/mol. The molecule has 2 rings (SSSR count). The molecule has 0 radical (unpaired) electrons. The highest BCUT2D eigenvalue weighted by Crippen LogP contribution is 2.31. The van der Waals surface area contributed by atoms with Crippen molar-refractivity contribution in [1.82, 2.24) is 5.16 Å². The number of hydrogen-bond donors (Lipinski definition) is 1. The maximum absolute atomic E-state index is 12.3. The third-order valence-electron chi connectivity index (χ3n) is 3.58. The normalized spacial score (nSPS) is 11.2. The summed E-state index contributed by atoms with van der Waals surface area (Å²) in [7, 11) is 0. The molecule has 0 fully saturated rings. The highest BCUT2D eigenvalue weighted by Gasteiger charge is 2.24. The van der Waals surface area contributed by atoms with E-state index in [2.05, 4.69) is 31.2 Å². The minimum atomic E-state index is -0.331. The van der Waals surface area contributed by atoms with Gasteiger partial charge in [0.25, 0.3) is 0 Å². The van der Waals surface area contributed by atoms with Crippen LogP contribution in [-0.2, 0) is 15.0 Å². The van der Waals surface area contributed by atoms with Gasteiger partial charge in [0.2, 0.25) is 11.8 Å². The Hall–Kier alpha value is -2.63. The summed E-state index contributed by atoms with van der Waals surface area (Å²) in [5.41, 5.74) is 1.60. The van der Waals surface area contributed by atoms with Crippen molar-refractivity contribution in [2.45, 2.75) is 40.0 Å². The van der Waals surface area contributed by atoms with Crippen molar-refractivity contribution in [3.05, 3.63) is 41.7 Å². The molecular formula is C18H23N3O3. The van der Waals surface area contributed by atoms with Gasteiger partial charge in [-0.2, -0.15) is 0 Å². The maximum atomic E-state index is 12.3. The molecule has 1 aromatic carbocycles. The van der Waals surface area contributed by atoms with E-state index >= 15 is 0 Å². The number of nitrogens with zero attached hydrogens (tertiary/aromatic N) is 2. The maximum Gasteiger partial charge on any atom is 0.245 e. The van der Waals surface area contributed by atoms with Crippen LogP contribution < -0.4 is 10.2 Å². The van der Waals surface area contributed by atoms with Crippen molar-refractivity contribution in [2.75, 3.05) is 16.8 Å². The molecule has 0 saturated carbocycles. The number of hydrogen-bond acceptors (Lipinski definition) is 4. The second-order valence-electron chi connectivity index (χ2n) is 6.74. The Morgan fingerprint density at radius 1 is 1.25 bits per heavy atom. The standard InChI is InChI=1S/C18H23N3O3/c1-12-10-16(20-24-12)19-17(23)11-21(13(2)22)15-9-7-6-8-14(15)18(3,4)5/h6-10H,11H2,1-5H3,(H,19,20,23). The van der Waals surface area contributed by atoms with Crippen LogP contribution in [0.3, 0.4) is 0 Å². The monoisotopic (exact) mass is 329 g/mol. The van der Waals surface area contributed by atoms with E-state index in [9.17, 15) is 9.59 Å². The van der Waals surface area contributed by atoms with Crippen molar-refractivity contribution in [3.63, 3.8) is 0 Å². The third-order valence-corrected chi connectivity index (χ3v) is 3.58. The van der Waals surface area contributed by atoms with Crippen LogP contribution in [0.2, 0.25) is 0 Å². The fourth-order valence-electron chi connectivity index (χ4n) is 2.46. The van der Waals surface area contributed by atoms with Gasteiger partial charge in [-0.1, -0.05) is 44.1 Å².